The molecule has 7 N–H and O–H groups in total. The van der Waals surface area contributed by atoms with E-state index >= 15 is 0 Å². The summed E-state index contributed by atoms with van der Waals surface area (Å²) in [5.74, 6) is 2.70. The Morgan fingerprint density at radius 3 is 1.21 bits per heavy atom. The van der Waals surface area contributed by atoms with Gasteiger partial charge in [-0.15, -0.1) is 22.7 Å². The Balaban J connectivity index is 0.000000425. The maximum absolute atomic E-state index is 13.7. The Hall–Kier alpha value is -10.2. The van der Waals surface area contributed by atoms with Gasteiger partial charge in [0, 0.05) is 99.6 Å². The fourth-order valence-corrected chi connectivity index (χ4v) is 18.1. The third-order valence-corrected chi connectivity index (χ3v) is 28.2. The lowest BCUT2D eigenvalue weighted by Crippen LogP contribution is -3.10. The molecule has 1 unspecified atom stereocenters. The summed E-state index contributed by atoms with van der Waals surface area (Å²) in [7, 11) is 6.42. The first-order valence-corrected chi connectivity index (χ1v) is 60.6. The van der Waals surface area contributed by atoms with Crippen LogP contribution >= 0.6 is 51.2 Å². The summed E-state index contributed by atoms with van der Waals surface area (Å²) in [5, 5.41) is 50.8. The number of carbonyl (C=O) groups is 5. The van der Waals surface area contributed by atoms with Crippen LogP contribution in [-0.2, 0) is 36.9 Å². The molecule has 0 amide bonds. The monoisotopic (exact) mass is 2060 g/mol. The van der Waals surface area contributed by atoms with Crippen LogP contribution in [0.3, 0.4) is 0 Å². The first kappa shape index (κ1) is 122. The quantitative estimate of drug-likeness (QED) is 0.00616. The molecule has 0 saturated carbocycles. The van der Waals surface area contributed by atoms with E-state index in [-0.39, 0.29) is 66.2 Å². The molecule has 9 aromatic carbocycles. The van der Waals surface area contributed by atoms with Crippen molar-refractivity contribution in [3.8, 4) is 72.6 Å². The highest BCUT2D eigenvalue weighted by atomic mass is 35.5. The number of nitrogens with zero attached hydrogens (tertiary/aromatic N) is 2. The zero-order valence-corrected chi connectivity index (χ0v) is 90.3. The number of carboxylic acid groups (broad SMARTS) is 1. The molecule has 138 heavy (non-hydrogen) atoms. The second kappa shape index (κ2) is 62.8. The van der Waals surface area contributed by atoms with E-state index in [4.69, 9.17) is 48.2 Å². The number of aromatic carboxylic acids is 1. The summed E-state index contributed by atoms with van der Waals surface area (Å²) < 4.78 is 99.8. The Morgan fingerprint density at radius 1 is 0.428 bits per heavy atom. The van der Waals surface area contributed by atoms with Gasteiger partial charge in [-0.25, -0.2) is 19.2 Å². The average molecular weight is 2060 g/mol. The molecule has 11 aromatic rings. The minimum atomic E-state index is -2.01. The molecule has 2 aromatic heterocycles. The number of hydrogen-bond acceptors (Lipinski definition) is 28. The third-order valence-electron chi connectivity index (χ3n) is 19.6. The van der Waals surface area contributed by atoms with E-state index in [2.05, 4.69) is 93.3 Å². The van der Waals surface area contributed by atoms with E-state index in [1.165, 1.54) is 94.5 Å². The Morgan fingerprint density at radius 2 is 0.819 bits per heavy atom. The maximum atomic E-state index is 13.7. The van der Waals surface area contributed by atoms with Gasteiger partial charge in [0.1, 0.15) is 84.7 Å². The number of phenols is 3. The largest absolute Gasteiger partial charge is 1.00 e. The highest BCUT2D eigenvalue weighted by molar-refractivity contribution is 7.63. The molecule has 0 aliphatic heterocycles. The summed E-state index contributed by atoms with van der Waals surface area (Å²) in [6.45, 7) is 31.6. The smallest absolute Gasteiger partial charge is 0.337 e. The van der Waals surface area contributed by atoms with Crippen LogP contribution in [0.5, 0.6) is 51.7 Å². The molecule has 36 heteroatoms. The number of ketones is 1. The normalized spacial score (nSPS) is 11.2. The zero-order valence-electron chi connectivity index (χ0n) is 83.3. The van der Waals surface area contributed by atoms with Gasteiger partial charge in [0.25, 0.3) is 0 Å². The number of carboxylic acids is 1. The van der Waals surface area contributed by atoms with E-state index in [9.17, 15) is 52.4 Å². The van der Waals surface area contributed by atoms with Crippen LogP contribution in [-0.4, -0.2) is 300 Å². The van der Waals surface area contributed by atoms with Crippen molar-refractivity contribution < 1.29 is 132 Å². The number of aliphatic hydroxyl groups is 1. The van der Waals surface area contributed by atoms with Crippen molar-refractivity contribution in [1.82, 2.24) is 15.1 Å². The Bertz CT molecular complexity index is 5660. The number of carbonyl (C=O) groups excluding carboxylic acids is 4. The van der Waals surface area contributed by atoms with Gasteiger partial charge in [0.2, 0.25) is 0 Å². The SMILES string of the molecule is CCCO[Si](C)(C)C.CN(CCOc1ccc(C(=O)O)cc1)CCP(C)(C)=O.CNCCP(C)(C)=O.COC(=O)c1ccc(O)cc1.COC(=O)c1ccc(OCCN(C)CCP(C)(C)=O)cc1.COC(=O)c1ccc(OCCO)cc1.COc1ccc(-c2cc3ccc(OC)cc3s2)cc1.C[NH+](CCOc1ccc(C(=O)c2c(-c3ccc(O)cc3)sc3cc(O)ccc23)cc1)CCP(C)(C)=O.[Cl-]. The number of fused-ring (bicyclic) bond motifs is 2. The van der Waals surface area contributed by atoms with Crippen LogP contribution in [0.1, 0.15) is 70.7 Å². The van der Waals surface area contributed by atoms with E-state index in [1.807, 2.05) is 66.0 Å². The van der Waals surface area contributed by atoms with Gasteiger partial charge in [-0.3, -0.25) is 4.79 Å². The number of ether oxygens (including phenoxy) is 9. The van der Waals surface area contributed by atoms with Crippen molar-refractivity contribution in [2.75, 3.05) is 227 Å². The van der Waals surface area contributed by atoms with E-state index in [0.29, 0.717) is 76.8 Å². The lowest BCUT2D eigenvalue weighted by molar-refractivity contribution is -0.877. The summed E-state index contributed by atoms with van der Waals surface area (Å²) in [6, 6.07) is 61.0. The number of thiophene rings is 2. The predicted octanol–water partition coefficient (Wildman–Crippen LogP) is 16.1. The van der Waals surface area contributed by atoms with Crippen LogP contribution in [0, 0.1) is 0 Å². The average Bonchev–Trinajstić information content (AvgIpc) is 1.61. The van der Waals surface area contributed by atoms with Gasteiger partial charge in [0.05, 0.1) is 107 Å². The Kier molecular flexibility index (Phi) is 55.5. The molecule has 0 spiro atoms. The van der Waals surface area contributed by atoms with Crippen LogP contribution in [0.15, 0.2) is 212 Å². The molecule has 0 saturated heterocycles. The number of esters is 3. The second-order valence-corrected chi connectivity index (χ2v) is 55.5. The van der Waals surface area contributed by atoms with Crippen molar-refractivity contribution in [2.24, 2.45) is 0 Å². The molecule has 0 radical (unpaired) electrons. The molecule has 2 heterocycles. The van der Waals surface area contributed by atoms with E-state index < -0.39 is 48.8 Å². The third kappa shape index (κ3) is 50.1. The standard InChI is InChI=1S/C28H30NO5PS.C16H14O2S.C15H24NO4P.C14H22NO4P.C10H12O4.C8H8O3.C6H16OSi.C5H14NOP.ClH/c1-29(15-17-35(2,3)33)14-16-34-23-11-6-19(7-12-23)27(32)26-24-13-10-22(31)18-25(24)36-28(26)20-4-8-21(30)9-5-20;1-17-13-6-3-11(4-7-13)15-9-12-5-8-14(18-2)10-16(12)19-15;1-16(10-12-21(3,4)18)9-11-20-14-7-5-13(6-8-14)15(17)19-2;1-15(9-11-20(2,3)18)8-10-19-13-6-4-12(5-7-13)14(16)17;1-13-10(12)8-2-4-9(5-3-8)14-7-6-11;1-11-8(10)6-2-4-7(9)5-3-6;1-5-6-7-8(2,3)4;1-6-4-5-8(2,3)7;/h4-13,18,30-31H,14-17H2,1-3H3;3-10H,1-2H3;5-8H,9-12H2,1-4H3;4-7H,8-11H2,1-3H3,(H,16,17);2-5,11H,6-7H2,1H3;2-5,9H,1H3;5-6H2,1-4H3;6H,4-5H2,1-3H3;1H. The maximum Gasteiger partial charge on any atom is 0.337 e. The molecule has 0 fully saturated rings. The summed E-state index contributed by atoms with van der Waals surface area (Å²) in [6.07, 6.45) is 4.10. The molecule has 11 rings (SSSR count). The van der Waals surface area contributed by atoms with Crippen molar-refractivity contribution in [3.63, 3.8) is 0 Å². The fourth-order valence-electron chi connectivity index (χ4n) is 11.6. The molecule has 0 bridgehead atoms. The minimum absolute atomic E-state index is 0. The molecule has 0 aliphatic carbocycles. The van der Waals surface area contributed by atoms with Crippen LogP contribution in [0.2, 0.25) is 19.6 Å². The lowest BCUT2D eigenvalue weighted by atomic mass is 9.97. The molecule has 28 nitrogen and oxygen atoms in total. The minimum Gasteiger partial charge on any atom is -1.00 e. The fraction of sp³-hybridized carbons (Fsp3) is 0.382. The van der Waals surface area contributed by atoms with Crippen LogP contribution in [0.25, 0.3) is 41.1 Å². The van der Waals surface area contributed by atoms with Crippen molar-refractivity contribution in [2.45, 2.75) is 33.0 Å². The van der Waals surface area contributed by atoms with Gasteiger partial charge < -0.3 is 123 Å². The number of methoxy groups -OCH3 is 5. The predicted molar refractivity (Wildman–Crippen MR) is 561 cm³/mol. The zero-order chi connectivity index (χ0) is 102. The Labute approximate surface area is 829 Å². The summed E-state index contributed by atoms with van der Waals surface area (Å²) in [4.78, 5) is 65.0. The molecule has 1 atom stereocenters. The highest BCUT2D eigenvalue weighted by Gasteiger charge is 2.24. The number of aromatic hydroxyl groups is 3. The number of phenolic OH excluding ortho intramolecular Hbond substituents is 3. The van der Waals surface area contributed by atoms with Gasteiger partial charge in [-0.2, -0.15) is 0 Å². The summed E-state index contributed by atoms with van der Waals surface area (Å²) in [5.41, 5.74) is 4.81. The second-order valence-electron chi connectivity index (χ2n) is 34.5. The molecular weight excluding hydrogens is 1920 g/mol. The number of quaternary nitrogens is 1. The van der Waals surface area contributed by atoms with E-state index in [1.54, 1.807) is 180 Å². The lowest BCUT2D eigenvalue weighted by Gasteiger charge is -2.18. The molecule has 756 valence electrons. The van der Waals surface area contributed by atoms with Crippen LogP contribution in [0.4, 0.5) is 0 Å². The molecule has 0 aliphatic rings. The first-order valence-electron chi connectivity index (χ1n) is 44.4. The van der Waals surface area contributed by atoms with Crippen molar-refractivity contribution in [3.05, 3.63) is 246 Å². The van der Waals surface area contributed by atoms with E-state index in [0.717, 1.165) is 109 Å². The van der Waals surface area contributed by atoms with Gasteiger partial charge >= 0.3 is 23.9 Å². The number of aliphatic hydroxyl groups excluding tert-OH is 1. The first-order chi connectivity index (χ1) is 64.6. The van der Waals surface area contributed by atoms with Crippen molar-refractivity contribution >= 4 is 109 Å². The van der Waals surface area contributed by atoms with Crippen molar-refractivity contribution in [1.29, 1.82) is 0 Å². The number of nitrogens with one attached hydrogen (secondary N) is 2. The van der Waals surface area contributed by atoms with Gasteiger partial charge in [-0.1, -0.05) is 6.92 Å². The number of hydrogen-bond donors (Lipinski definition) is 7. The number of rotatable bonds is 40. The number of likely N-dealkylation sites (N-methyl/N-ethyl adjacent to an activating group) is 3. The van der Waals surface area contributed by atoms with Gasteiger partial charge in [0.15, 0.2) is 14.1 Å². The topological polar surface area (TPSA) is 370 Å². The van der Waals surface area contributed by atoms with Gasteiger partial charge in [-0.05, 0) is 329 Å². The molecular formula is C102H141ClN4O24P4S2Si. The number of benzene rings is 9. The summed E-state index contributed by atoms with van der Waals surface area (Å²) >= 11 is 3.21. The number of halogens is 1. The van der Waals surface area contributed by atoms with Crippen LogP contribution < -0.4 is 51.0 Å². The highest BCUT2D eigenvalue weighted by Crippen LogP contribution is 2.43.